The first kappa shape index (κ1) is 14.7. The summed E-state index contributed by atoms with van der Waals surface area (Å²) in [6, 6.07) is 0. The third-order valence-corrected chi connectivity index (χ3v) is 5.30. The van der Waals surface area contributed by atoms with Gasteiger partial charge in [0.1, 0.15) is 0 Å². The van der Waals surface area contributed by atoms with Crippen molar-refractivity contribution in [2.24, 2.45) is 0 Å². The molecule has 1 saturated heterocycles. The van der Waals surface area contributed by atoms with Gasteiger partial charge in [-0.25, -0.2) is 0 Å². The number of unbranched alkanes of at least 4 members (excludes halogenated alkanes) is 1. The monoisotopic (exact) mass is 277 g/mol. The third-order valence-electron chi connectivity index (χ3n) is 2.46. The van der Waals surface area contributed by atoms with Crippen LogP contribution in [0.15, 0.2) is 0 Å². The van der Waals surface area contributed by atoms with Gasteiger partial charge >= 0.3 is 5.97 Å². The van der Waals surface area contributed by atoms with Gasteiger partial charge < -0.3 is 10.4 Å². The Morgan fingerprint density at radius 2 is 2.00 bits per heavy atom. The minimum atomic E-state index is -0.791. The molecule has 1 unspecified atom stereocenters. The number of hydrogen-bond donors (Lipinski definition) is 2. The van der Waals surface area contributed by atoms with Crippen LogP contribution >= 0.6 is 23.5 Å². The Morgan fingerprint density at radius 1 is 1.24 bits per heavy atom. The Hall–Kier alpha value is -0.360. The fourth-order valence-electron chi connectivity index (χ4n) is 1.53. The molecule has 4 nitrogen and oxygen atoms in total. The zero-order chi connectivity index (χ0) is 12.5. The molecular weight excluding hydrogens is 258 g/mol. The average Bonchev–Trinajstić information content (AvgIpc) is 2.33. The van der Waals surface area contributed by atoms with E-state index in [0.29, 0.717) is 24.5 Å². The summed E-state index contributed by atoms with van der Waals surface area (Å²) in [6.45, 7) is 0.745. The van der Waals surface area contributed by atoms with Gasteiger partial charge in [-0.1, -0.05) is 0 Å². The normalized spacial score (nSPS) is 19.9. The lowest BCUT2D eigenvalue weighted by molar-refractivity contribution is -0.137. The van der Waals surface area contributed by atoms with E-state index < -0.39 is 5.97 Å². The summed E-state index contributed by atoms with van der Waals surface area (Å²) in [4.78, 5) is 21.7. The first-order valence-electron chi connectivity index (χ1n) is 5.86. The number of aliphatic carboxylic acids is 1. The zero-order valence-electron chi connectivity index (χ0n) is 9.81. The lowest BCUT2D eigenvalue weighted by Gasteiger charge is -2.21. The Kier molecular flexibility index (Phi) is 7.51. The van der Waals surface area contributed by atoms with E-state index in [0.717, 1.165) is 12.3 Å². The van der Waals surface area contributed by atoms with Crippen LogP contribution in [0.1, 0.15) is 25.7 Å². The lowest BCUT2D eigenvalue weighted by atomic mass is 10.2. The summed E-state index contributed by atoms with van der Waals surface area (Å²) in [6.07, 6.45) is 1.84. The topological polar surface area (TPSA) is 66.4 Å². The molecule has 1 atom stereocenters. The molecule has 0 aromatic rings. The molecule has 17 heavy (non-hydrogen) atoms. The number of carboxylic acid groups (broad SMARTS) is 1. The average molecular weight is 277 g/mol. The zero-order valence-corrected chi connectivity index (χ0v) is 11.4. The maximum absolute atomic E-state index is 11.5. The van der Waals surface area contributed by atoms with Crippen molar-refractivity contribution in [1.82, 2.24) is 5.32 Å². The third kappa shape index (κ3) is 7.54. The van der Waals surface area contributed by atoms with Crippen LogP contribution in [0.25, 0.3) is 0 Å². The Morgan fingerprint density at radius 3 is 2.65 bits per heavy atom. The van der Waals surface area contributed by atoms with Crippen LogP contribution in [0.5, 0.6) is 0 Å². The smallest absolute Gasteiger partial charge is 0.303 e. The molecule has 0 aromatic heterocycles. The van der Waals surface area contributed by atoms with Crippen molar-refractivity contribution >= 4 is 35.4 Å². The molecule has 0 saturated carbocycles. The number of carbonyl (C=O) groups excluding carboxylic acids is 1. The van der Waals surface area contributed by atoms with E-state index in [1.165, 1.54) is 11.5 Å². The first-order chi connectivity index (χ1) is 8.18. The van der Waals surface area contributed by atoms with E-state index in [2.05, 4.69) is 5.32 Å². The molecule has 1 fully saturated rings. The lowest BCUT2D eigenvalue weighted by Crippen LogP contribution is -2.33. The first-order valence-corrected chi connectivity index (χ1v) is 8.06. The molecule has 0 radical (unpaired) electrons. The van der Waals surface area contributed by atoms with Crippen LogP contribution in [0.4, 0.5) is 0 Å². The number of amides is 1. The molecule has 0 aromatic carbocycles. The minimum absolute atomic E-state index is 0.0477. The molecule has 98 valence electrons. The standard InChI is InChI=1S/C11H19NO3S2/c13-10(3-1-2-4-11(14)15)12-7-9-8-16-5-6-17-9/h9H,1-8H2,(H,12,13)(H,14,15). The van der Waals surface area contributed by atoms with Crippen molar-refractivity contribution in [1.29, 1.82) is 0 Å². The Labute approximate surface area is 110 Å². The van der Waals surface area contributed by atoms with Crippen molar-refractivity contribution in [2.45, 2.75) is 30.9 Å². The van der Waals surface area contributed by atoms with Gasteiger partial charge in [0.15, 0.2) is 0 Å². The van der Waals surface area contributed by atoms with E-state index in [-0.39, 0.29) is 12.3 Å². The number of rotatable bonds is 7. The highest BCUT2D eigenvalue weighted by Gasteiger charge is 2.14. The SMILES string of the molecule is O=C(O)CCCCC(=O)NCC1CSCCS1. The van der Waals surface area contributed by atoms with Gasteiger partial charge in [-0.15, -0.1) is 0 Å². The second-order valence-corrected chi connectivity index (χ2v) is 6.53. The van der Waals surface area contributed by atoms with Crippen molar-refractivity contribution in [3.8, 4) is 0 Å². The van der Waals surface area contributed by atoms with E-state index in [9.17, 15) is 9.59 Å². The number of hydrogen-bond acceptors (Lipinski definition) is 4. The quantitative estimate of drug-likeness (QED) is 0.692. The highest BCUT2D eigenvalue weighted by Crippen LogP contribution is 2.23. The fourth-order valence-corrected chi connectivity index (χ4v) is 4.14. The number of carbonyl (C=O) groups is 2. The van der Waals surface area contributed by atoms with Gasteiger partial charge in [0.2, 0.25) is 5.91 Å². The van der Waals surface area contributed by atoms with Crippen molar-refractivity contribution < 1.29 is 14.7 Å². The van der Waals surface area contributed by atoms with Crippen molar-refractivity contribution in [3.63, 3.8) is 0 Å². The molecule has 1 rings (SSSR count). The van der Waals surface area contributed by atoms with E-state index >= 15 is 0 Å². The van der Waals surface area contributed by atoms with E-state index in [4.69, 9.17) is 5.11 Å². The molecule has 0 aliphatic carbocycles. The van der Waals surface area contributed by atoms with Gasteiger partial charge in [0.25, 0.3) is 0 Å². The molecular formula is C11H19NO3S2. The summed E-state index contributed by atoms with van der Waals surface area (Å²) < 4.78 is 0. The number of nitrogens with one attached hydrogen (secondary N) is 1. The summed E-state index contributed by atoms with van der Waals surface area (Å²) in [7, 11) is 0. The summed E-state index contributed by atoms with van der Waals surface area (Å²) in [5, 5.41) is 11.9. The highest BCUT2D eigenvalue weighted by atomic mass is 32.2. The van der Waals surface area contributed by atoms with Gasteiger partial charge in [-0.3, -0.25) is 9.59 Å². The van der Waals surface area contributed by atoms with E-state index in [1.54, 1.807) is 0 Å². The van der Waals surface area contributed by atoms with Crippen molar-refractivity contribution in [3.05, 3.63) is 0 Å². The molecule has 0 bridgehead atoms. The number of thioether (sulfide) groups is 2. The molecule has 1 heterocycles. The van der Waals surface area contributed by atoms with Gasteiger partial charge in [0, 0.05) is 41.9 Å². The summed E-state index contributed by atoms with van der Waals surface area (Å²) >= 11 is 3.87. The largest absolute Gasteiger partial charge is 0.481 e. The number of carboxylic acids is 1. The van der Waals surface area contributed by atoms with Gasteiger partial charge in [-0.2, -0.15) is 23.5 Å². The molecule has 6 heteroatoms. The van der Waals surface area contributed by atoms with Crippen LogP contribution < -0.4 is 5.32 Å². The van der Waals surface area contributed by atoms with Crippen LogP contribution in [0.3, 0.4) is 0 Å². The maximum atomic E-state index is 11.5. The molecule has 2 N–H and O–H groups in total. The van der Waals surface area contributed by atoms with Gasteiger partial charge in [0.05, 0.1) is 0 Å². The van der Waals surface area contributed by atoms with Gasteiger partial charge in [-0.05, 0) is 12.8 Å². The molecule has 0 spiro atoms. The second kappa shape index (κ2) is 8.69. The Balaban J connectivity index is 1.98. The second-order valence-electron chi connectivity index (χ2n) is 3.97. The predicted molar refractivity (Wildman–Crippen MR) is 72.7 cm³/mol. The van der Waals surface area contributed by atoms with Crippen LogP contribution in [-0.4, -0.2) is 46.0 Å². The molecule has 1 amide bonds. The summed E-state index contributed by atoms with van der Waals surface area (Å²) in [5.74, 6) is 2.76. The summed E-state index contributed by atoms with van der Waals surface area (Å²) in [5.41, 5.74) is 0. The molecule has 1 aliphatic heterocycles. The maximum Gasteiger partial charge on any atom is 0.303 e. The van der Waals surface area contributed by atoms with Crippen LogP contribution in [-0.2, 0) is 9.59 Å². The molecule has 1 aliphatic rings. The van der Waals surface area contributed by atoms with E-state index in [1.807, 2.05) is 23.5 Å². The predicted octanol–water partition coefficient (Wildman–Crippen LogP) is 1.60. The van der Waals surface area contributed by atoms with Crippen molar-refractivity contribution in [2.75, 3.05) is 23.8 Å². The Bertz CT molecular complexity index is 255. The van der Waals surface area contributed by atoms with Crippen LogP contribution in [0.2, 0.25) is 0 Å². The fraction of sp³-hybridized carbons (Fsp3) is 0.818. The highest BCUT2D eigenvalue weighted by molar-refractivity contribution is 8.06. The minimum Gasteiger partial charge on any atom is -0.481 e. The van der Waals surface area contributed by atoms with Crippen LogP contribution in [0, 0.1) is 0 Å².